The van der Waals surface area contributed by atoms with Crippen LogP contribution in [0.5, 0.6) is 0 Å². The lowest BCUT2D eigenvalue weighted by molar-refractivity contribution is -0.142. The predicted molar refractivity (Wildman–Crippen MR) is 115 cm³/mol. The molecule has 8 heteroatoms. The van der Waals surface area contributed by atoms with Crippen molar-refractivity contribution in [2.24, 2.45) is 5.92 Å². The zero-order valence-electron chi connectivity index (χ0n) is 17.7. The molecule has 0 spiro atoms. The molecular formula is C23H28FN3O3S. The van der Waals surface area contributed by atoms with Gasteiger partial charge in [-0.15, -0.1) is 0 Å². The topological polar surface area (TPSA) is 70.6 Å². The third-order valence-electron chi connectivity index (χ3n) is 6.39. The molecule has 1 atom stereocenters. The van der Waals surface area contributed by atoms with E-state index in [2.05, 4.69) is 4.98 Å². The monoisotopic (exact) mass is 445 g/mol. The van der Waals surface area contributed by atoms with Crippen LogP contribution in [0.4, 0.5) is 4.39 Å². The van der Waals surface area contributed by atoms with Gasteiger partial charge in [0.15, 0.2) is 0 Å². The average Bonchev–Trinajstić information content (AvgIpc) is 2.73. The number of amides is 1. The number of aryl methyl sites for hydroxylation is 1. The molecule has 1 saturated carbocycles. The molecule has 166 valence electrons. The lowest BCUT2D eigenvalue weighted by Gasteiger charge is -2.41. The molecule has 4 rings (SSSR count). The largest absolute Gasteiger partial charge is 0.334 e. The number of carbonyl (C=O) groups excluding carboxylic acids is 1. The van der Waals surface area contributed by atoms with Crippen molar-refractivity contribution in [1.29, 1.82) is 0 Å². The van der Waals surface area contributed by atoms with E-state index >= 15 is 0 Å². The third-order valence-corrected chi connectivity index (χ3v) is 8.26. The second-order valence-electron chi connectivity index (χ2n) is 8.53. The van der Waals surface area contributed by atoms with Gasteiger partial charge in [0.1, 0.15) is 5.82 Å². The Morgan fingerprint density at radius 2 is 2.03 bits per heavy atom. The first-order valence-electron chi connectivity index (χ1n) is 10.8. The minimum atomic E-state index is -3.84. The first-order valence-corrected chi connectivity index (χ1v) is 12.3. The maximum Gasteiger partial charge on any atom is 0.243 e. The zero-order valence-corrected chi connectivity index (χ0v) is 18.5. The van der Waals surface area contributed by atoms with Crippen LogP contribution in [0.1, 0.15) is 43.2 Å². The molecule has 1 unspecified atom stereocenters. The highest BCUT2D eigenvalue weighted by Crippen LogP contribution is 2.32. The van der Waals surface area contributed by atoms with Gasteiger partial charge >= 0.3 is 0 Å². The van der Waals surface area contributed by atoms with Crippen LogP contribution < -0.4 is 0 Å². The number of halogens is 1. The molecule has 0 bridgehead atoms. The van der Waals surface area contributed by atoms with E-state index < -0.39 is 15.8 Å². The van der Waals surface area contributed by atoms with Gasteiger partial charge in [-0.05, 0) is 61.9 Å². The summed E-state index contributed by atoms with van der Waals surface area (Å²) in [6, 6.07) is 7.57. The van der Waals surface area contributed by atoms with Gasteiger partial charge in [0.2, 0.25) is 15.9 Å². The first-order chi connectivity index (χ1) is 14.9. The van der Waals surface area contributed by atoms with Gasteiger partial charge in [-0.1, -0.05) is 18.6 Å². The van der Waals surface area contributed by atoms with E-state index in [1.807, 2.05) is 17.0 Å². The molecule has 2 fully saturated rings. The Balaban J connectivity index is 1.57. The minimum Gasteiger partial charge on any atom is -0.334 e. The number of rotatable bonds is 6. The number of piperidine rings is 1. The van der Waals surface area contributed by atoms with Crippen molar-refractivity contribution in [3.63, 3.8) is 0 Å². The summed E-state index contributed by atoms with van der Waals surface area (Å²) in [7, 11) is -3.84. The van der Waals surface area contributed by atoms with Crippen LogP contribution in [-0.2, 0) is 21.4 Å². The van der Waals surface area contributed by atoms with Crippen LogP contribution in [0.2, 0.25) is 0 Å². The van der Waals surface area contributed by atoms with Crippen LogP contribution >= 0.6 is 0 Å². The molecule has 2 aromatic rings. The summed E-state index contributed by atoms with van der Waals surface area (Å²) in [5.41, 5.74) is 1.33. The van der Waals surface area contributed by atoms with E-state index in [0.717, 1.165) is 37.3 Å². The fourth-order valence-corrected chi connectivity index (χ4v) is 5.77. The Morgan fingerprint density at radius 3 is 2.68 bits per heavy atom. The van der Waals surface area contributed by atoms with Crippen molar-refractivity contribution in [1.82, 2.24) is 14.2 Å². The molecule has 1 aliphatic heterocycles. The van der Waals surface area contributed by atoms with Crippen LogP contribution in [0.25, 0.3) is 0 Å². The smallest absolute Gasteiger partial charge is 0.243 e. The zero-order chi connectivity index (χ0) is 22.0. The molecule has 6 nitrogen and oxygen atoms in total. The number of sulfonamides is 1. The summed E-state index contributed by atoms with van der Waals surface area (Å²) < 4.78 is 41.8. The summed E-state index contributed by atoms with van der Waals surface area (Å²) in [6.07, 6.45) is 7.66. The summed E-state index contributed by atoms with van der Waals surface area (Å²) in [5, 5.41) is 0. The third kappa shape index (κ3) is 4.65. The summed E-state index contributed by atoms with van der Waals surface area (Å²) in [5.74, 6) is -0.413. The summed E-state index contributed by atoms with van der Waals surface area (Å²) in [6.45, 7) is 2.61. The van der Waals surface area contributed by atoms with Crippen LogP contribution in [0.15, 0.2) is 47.6 Å². The van der Waals surface area contributed by atoms with Crippen molar-refractivity contribution in [3.05, 3.63) is 59.7 Å². The first kappa shape index (κ1) is 21.9. The lowest BCUT2D eigenvalue weighted by atomic mass is 9.83. The Kier molecular flexibility index (Phi) is 6.39. The molecule has 1 saturated heterocycles. The van der Waals surface area contributed by atoms with Gasteiger partial charge in [-0.2, -0.15) is 4.31 Å². The molecule has 2 heterocycles. The SMILES string of the molecule is Cc1ccc(S(=O)(=O)N2CCCC(N(Cc3cccnc3)C(=O)C3CCC3)C2)cc1F. The second-order valence-corrected chi connectivity index (χ2v) is 10.5. The number of pyridine rings is 1. The fraction of sp³-hybridized carbons (Fsp3) is 0.478. The minimum absolute atomic E-state index is 0.0230. The van der Waals surface area contributed by atoms with Crippen molar-refractivity contribution in [2.75, 3.05) is 13.1 Å². The Bertz CT molecular complexity index is 1040. The van der Waals surface area contributed by atoms with E-state index in [0.29, 0.717) is 25.1 Å². The van der Waals surface area contributed by atoms with E-state index in [1.54, 1.807) is 19.3 Å². The number of benzene rings is 1. The predicted octanol–water partition coefficient (Wildman–Crippen LogP) is 3.51. The van der Waals surface area contributed by atoms with E-state index in [1.165, 1.54) is 16.4 Å². The van der Waals surface area contributed by atoms with Crippen molar-refractivity contribution < 1.29 is 17.6 Å². The van der Waals surface area contributed by atoms with Gasteiger partial charge < -0.3 is 4.90 Å². The van der Waals surface area contributed by atoms with Crippen LogP contribution in [0.3, 0.4) is 0 Å². The normalized spacial score (nSPS) is 20.3. The standard InChI is InChI=1S/C23H28FN3O3S/c1-17-9-10-21(13-22(17)24)31(29,30)26-12-4-8-20(16-26)27(23(28)19-6-2-7-19)15-18-5-3-11-25-14-18/h3,5,9-11,13-14,19-20H,2,4,6-8,12,15-16H2,1H3. The van der Waals surface area contributed by atoms with Gasteiger partial charge in [0, 0.05) is 44.0 Å². The number of carbonyl (C=O) groups is 1. The average molecular weight is 446 g/mol. The molecule has 1 aliphatic carbocycles. The van der Waals surface area contributed by atoms with Crippen molar-refractivity contribution >= 4 is 15.9 Å². The Morgan fingerprint density at radius 1 is 1.23 bits per heavy atom. The Labute approximate surface area is 183 Å². The van der Waals surface area contributed by atoms with Gasteiger partial charge in [0.25, 0.3) is 0 Å². The molecule has 1 aromatic carbocycles. The maximum atomic E-state index is 14.0. The van der Waals surface area contributed by atoms with E-state index in [4.69, 9.17) is 0 Å². The molecule has 31 heavy (non-hydrogen) atoms. The van der Waals surface area contributed by atoms with Gasteiger partial charge in [0.05, 0.1) is 4.90 Å². The summed E-state index contributed by atoms with van der Waals surface area (Å²) in [4.78, 5) is 19.2. The molecular weight excluding hydrogens is 417 g/mol. The van der Waals surface area contributed by atoms with E-state index in [-0.39, 0.29) is 29.3 Å². The maximum absolute atomic E-state index is 14.0. The lowest BCUT2D eigenvalue weighted by Crippen LogP contribution is -2.53. The highest BCUT2D eigenvalue weighted by Gasteiger charge is 2.38. The molecule has 0 radical (unpaired) electrons. The number of hydrogen-bond acceptors (Lipinski definition) is 4. The highest BCUT2D eigenvalue weighted by atomic mass is 32.2. The van der Waals surface area contributed by atoms with E-state index in [9.17, 15) is 17.6 Å². The van der Waals surface area contributed by atoms with Gasteiger partial charge in [-0.25, -0.2) is 12.8 Å². The van der Waals surface area contributed by atoms with Gasteiger partial charge in [-0.3, -0.25) is 9.78 Å². The quantitative estimate of drug-likeness (QED) is 0.682. The molecule has 0 N–H and O–H groups in total. The molecule has 2 aliphatic rings. The molecule has 1 amide bonds. The highest BCUT2D eigenvalue weighted by molar-refractivity contribution is 7.89. The number of nitrogens with zero attached hydrogens (tertiary/aromatic N) is 3. The fourth-order valence-electron chi connectivity index (χ4n) is 4.24. The van der Waals surface area contributed by atoms with Crippen molar-refractivity contribution in [3.8, 4) is 0 Å². The summed E-state index contributed by atoms with van der Waals surface area (Å²) >= 11 is 0. The number of aromatic nitrogens is 1. The van der Waals surface area contributed by atoms with Crippen LogP contribution in [-0.4, -0.2) is 47.6 Å². The second kappa shape index (κ2) is 9.04. The van der Waals surface area contributed by atoms with Crippen LogP contribution in [0, 0.1) is 18.7 Å². The Hall–Kier alpha value is -2.32. The molecule has 1 aromatic heterocycles. The van der Waals surface area contributed by atoms with Crippen molar-refractivity contribution in [2.45, 2.75) is 56.5 Å². The number of hydrogen-bond donors (Lipinski definition) is 0.